The van der Waals surface area contributed by atoms with Crippen molar-refractivity contribution in [3.63, 3.8) is 0 Å². The third kappa shape index (κ3) is 6.94. The van der Waals surface area contributed by atoms with E-state index >= 15 is 0 Å². The van der Waals surface area contributed by atoms with Crippen LogP contribution in [0.3, 0.4) is 0 Å². The van der Waals surface area contributed by atoms with Crippen LogP contribution in [0.5, 0.6) is 0 Å². The number of rotatable bonds is 7. The summed E-state index contributed by atoms with van der Waals surface area (Å²) in [6.45, 7) is 6.74. The summed E-state index contributed by atoms with van der Waals surface area (Å²) in [5.41, 5.74) is 1.95. The number of alkyl halides is 3. The van der Waals surface area contributed by atoms with Crippen molar-refractivity contribution < 1.29 is 18.0 Å². The molecule has 1 N–H and O–H groups in total. The number of anilines is 1. The zero-order valence-corrected chi connectivity index (χ0v) is 20.8. The monoisotopic (exact) mass is 504 g/mol. The zero-order valence-electron chi connectivity index (χ0n) is 20.1. The summed E-state index contributed by atoms with van der Waals surface area (Å²) < 4.78 is 39.3. The molecule has 0 aliphatic rings. The standard InChI is InChI=1S/C26H28ClF3N4O/c1-25(2,3)18-10-8-17(9-11-18)16-34(24(35)23-20(31-4)12-13-22(27)33-23)15-14-19-6-5-7-21(32-19)26(28,29)30/h5-13,31H,14-16H2,1-4H3. The van der Waals surface area contributed by atoms with Gasteiger partial charge in [0.15, 0.2) is 5.69 Å². The molecular weight excluding hydrogens is 477 g/mol. The number of aromatic nitrogens is 2. The van der Waals surface area contributed by atoms with E-state index in [4.69, 9.17) is 11.6 Å². The van der Waals surface area contributed by atoms with Crippen LogP contribution >= 0.6 is 11.6 Å². The first-order valence-electron chi connectivity index (χ1n) is 11.1. The Bertz CT molecular complexity index is 1170. The molecule has 0 aliphatic heterocycles. The molecule has 3 rings (SSSR count). The summed E-state index contributed by atoms with van der Waals surface area (Å²) in [7, 11) is 1.67. The molecule has 9 heteroatoms. The van der Waals surface area contributed by atoms with Crippen molar-refractivity contribution in [3.05, 3.63) is 88.0 Å². The van der Waals surface area contributed by atoms with E-state index in [2.05, 4.69) is 36.1 Å². The predicted molar refractivity (Wildman–Crippen MR) is 132 cm³/mol. The summed E-state index contributed by atoms with van der Waals surface area (Å²) in [6, 6.07) is 14.9. The molecule has 0 radical (unpaired) electrons. The molecular formula is C26H28ClF3N4O. The highest BCUT2D eigenvalue weighted by molar-refractivity contribution is 6.29. The smallest absolute Gasteiger partial charge is 0.386 e. The van der Waals surface area contributed by atoms with E-state index in [9.17, 15) is 18.0 Å². The van der Waals surface area contributed by atoms with Crippen LogP contribution in [0.25, 0.3) is 0 Å². The first kappa shape index (κ1) is 26.5. The van der Waals surface area contributed by atoms with Gasteiger partial charge in [-0.1, -0.05) is 62.7 Å². The van der Waals surface area contributed by atoms with Gasteiger partial charge in [-0.05, 0) is 40.8 Å². The van der Waals surface area contributed by atoms with Gasteiger partial charge in [0, 0.05) is 32.3 Å². The van der Waals surface area contributed by atoms with Gasteiger partial charge in [-0.15, -0.1) is 0 Å². The summed E-state index contributed by atoms with van der Waals surface area (Å²) >= 11 is 6.05. The molecule has 3 aromatic rings. The van der Waals surface area contributed by atoms with Gasteiger partial charge in [0.05, 0.1) is 5.69 Å². The lowest BCUT2D eigenvalue weighted by Crippen LogP contribution is -2.34. The fourth-order valence-electron chi connectivity index (χ4n) is 3.56. The van der Waals surface area contributed by atoms with Crippen LogP contribution in [0, 0.1) is 0 Å². The van der Waals surface area contributed by atoms with Crippen LogP contribution in [0.4, 0.5) is 18.9 Å². The van der Waals surface area contributed by atoms with Crippen LogP contribution < -0.4 is 5.32 Å². The normalized spacial score (nSPS) is 11.9. The molecule has 0 saturated heterocycles. The molecule has 0 unspecified atom stereocenters. The Morgan fingerprint density at radius 1 is 1.00 bits per heavy atom. The second-order valence-electron chi connectivity index (χ2n) is 9.22. The number of hydrogen-bond acceptors (Lipinski definition) is 4. The maximum atomic E-state index is 13.5. The van der Waals surface area contributed by atoms with Crippen molar-refractivity contribution in [2.45, 2.75) is 45.3 Å². The third-order valence-electron chi connectivity index (χ3n) is 5.55. The van der Waals surface area contributed by atoms with E-state index in [1.165, 1.54) is 12.1 Å². The van der Waals surface area contributed by atoms with E-state index in [1.54, 1.807) is 24.1 Å². The van der Waals surface area contributed by atoms with Gasteiger partial charge in [0.1, 0.15) is 10.8 Å². The molecule has 0 fully saturated rings. The highest BCUT2D eigenvalue weighted by Gasteiger charge is 2.32. The number of hydrogen-bond donors (Lipinski definition) is 1. The van der Waals surface area contributed by atoms with E-state index in [0.29, 0.717) is 5.69 Å². The highest BCUT2D eigenvalue weighted by atomic mass is 35.5. The van der Waals surface area contributed by atoms with Gasteiger partial charge in [0.2, 0.25) is 0 Å². The molecule has 0 bridgehead atoms. The van der Waals surface area contributed by atoms with Gasteiger partial charge >= 0.3 is 6.18 Å². The number of amides is 1. The summed E-state index contributed by atoms with van der Waals surface area (Å²) in [4.78, 5) is 23.0. The van der Waals surface area contributed by atoms with E-state index in [1.807, 2.05) is 24.3 Å². The largest absolute Gasteiger partial charge is 0.433 e. The minimum Gasteiger partial charge on any atom is -0.386 e. The molecule has 0 saturated carbocycles. The number of nitrogens with zero attached hydrogens (tertiary/aromatic N) is 3. The SMILES string of the molecule is CNc1ccc(Cl)nc1C(=O)N(CCc1cccc(C(F)(F)F)n1)Cc1ccc(C(C)(C)C)cc1. The molecule has 1 amide bonds. The molecule has 0 aliphatic carbocycles. The van der Waals surface area contributed by atoms with Crippen LogP contribution in [-0.4, -0.2) is 34.4 Å². The van der Waals surface area contributed by atoms with Crippen LogP contribution in [0.2, 0.25) is 5.15 Å². The number of halogens is 4. The summed E-state index contributed by atoms with van der Waals surface area (Å²) in [5, 5.41) is 3.11. The number of nitrogens with one attached hydrogen (secondary N) is 1. The van der Waals surface area contributed by atoms with Crippen molar-refractivity contribution in [2.24, 2.45) is 0 Å². The fraction of sp³-hybridized carbons (Fsp3) is 0.346. The zero-order chi connectivity index (χ0) is 25.8. The van der Waals surface area contributed by atoms with Crippen molar-refractivity contribution in [1.82, 2.24) is 14.9 Å². The summed E-state index contributed by atoms with van der Waals surface area (Å²) in [5.74, 6) is -0.385. The predicted octanol–water partition coefficient (Wildman–Crippen LogP) is 6.37. The lowest BCUT2D eigenvalue weighted by atomic mass is 9.87. The number of carbonyl (C=O) groups is 1. The lowest BCUT2D eigenvalue weighted by Gasteiger charge is -2.24. The molecule has 2 aromatic heterocycles. The van der Waals surface area contributed by atoms with Gasteiger partial charge in [-0.3, -0.25) is 4.79 Å². The summed E-state index contributed by atoms with van der Waals surface area (Å²) in [6.07, 6.45) is -4.39. The highest BCUT2D eigenvalue weighted by Crippen LogP contribution is 2.28. The molecule has 1 aromatic carbocycles. The maximum Gasteiger partial charge on any atom is 0.433 e. The quantitative estimate of drug-likeness (QED) is 0.380. The molecule has 2 heterocycles. The Hall–Kier alpha value is -3.13. The van der Waals surface area contributed by atoms with Crippen molar-refractivity contribution in [3.8, 4) is 0 Å². The first-order valence-corrected chi connectivity index (χ1v) is 11.5. The minimum atomic E-state index is -4.53. The van der Waals surface area contributed by atoms with Gasteiger partial charge in [-0.2, -0.15) is 13.2 Å². The Balaban J connectivity index is 1.90. The van der Waals surface area contributed by atoms with Gasteiger partial charge in [-0.25, -0.2) is 9.97 Å². The number of carbonyl (C=O) groups excluding carboxylic acids is 1. The minimum absolute atomic E-state index is 0.0182. The fourth-order valence-corrected chi connectivity index (χ4v) is 3.71. The molecule has 5 nitrogen and oxygen atoms in total. The molecule has 35 heavy (non-hydrogen) atoms. The van der Waals surface area contributed by atoms with Crippen LogP contribution in [-0.2, 0) is 24.6 Å². The molecule has 0 spiro atoms. The van der Waals surface area contributed by atoms with Crippen molar-refractivity contribution in [1.29, 1.82) is 0 Å². The second-order valence-corrected chi connectivity index (χ2v) is 9.60. The second kappa shape index (κ2) is 10.6. The Morgan fingerprint density at radius 2 is 1.69 bits per heavy atom. The van der Waals surface area contributed by atoms with E-state index in [0.717, 1.165) is 17.2 Å². The van der Waals surface area contributed by atoms with Crippen molar-refractivity contribution in [2.75, 3.05) is 18.9 Å². The Morgan fingerprint density at radius 3 is 2.29 bits per heavy atom. The number of benzene rings is 1. The van der Waals surface area contributed by atoms with E-state index < -0.39 is 11.9 Å². The maximum absolute atomic E-state index is 13.5. The lowest BCUT2D eigenvalue weighted by molar-refractivity contribution is -0.141. The average molecular weight is 505 g/mol. The Kier molecular flexibility index (Phi) is 8.05. The topological polar surface area (TPSA) is 58.1 Å². The number of pyridine rings is 2. The van der Waals surface area contributed by atoms with Crippen LogP contribution in [0.1, 0.15) is 53.8 Å². The Labute approximate surface area is 208 Å². The van der Waals surface area contributed by atoms with E-state index in [-0.39, 0.29) is 47.4 Å². The average Bonchev–Trinajstić information content (AvgIpc) is 2.80. The molecule has 186 valence electrons. The molecule has 0 atom stereocenters. The van der Waals surface area contributed by atoms with Gasteiger partial charge < -0.3 is 10.2 Å². The first-order chi connectivity index (χ1) is 16.4. The van der Waals surface area contributed by atoms with Crippen LogP contribution in [0.15, 0.2) is 54.6 Å². The van der Waals surface area contributed by atoms with Crippen molar-refractivity contribution >= 4 is 23.2 Å². The van der Waals surface area contributed by atoms with Gasteiger partial charge in [0.25, 0.3) is 5.91 Å². The third-order valence-corrected chi connectivity index (χ3v) is 5.76.